The molecule has 0 atom stereocenters. The predicted octanol–water partition coefficient (Wildman–Crippen LogP) is 1.32. The van der Waals surface area contributed by atoms with Crippen molar-refractivity contribution in [2.24, 2.45) is 5.92 Å². The van der Waals surface area contributed by atoms with Gasteiger partial charge in [-0.05, 0) is 18.9 Å². The fraction of sp³-hybridized carbons (Fsp3) is 0.667. The van der Waals surface area contributed by atoms with Crippen LogP contribution in [0.25, 0.3) is 0 Å². The Morgan fingerprint density at radius 1 is 1.14 bits per heavy atom. The summed E-state index contributed by atoms with van der Waals surface area (Å²) in [5, 5.41) is 8.16. The first-order valence-electron chi connectivity index (χ1n) is 7.69. The number of piperazine rings is 1. The molecule has 0 bridgehead atoms. The molecule has 2 aliphatic rings. The van der Waals surface area contributed by atoms with Gasteiger partial charge in [0.25, 0.3) is 0 Å². The summed E-state index contributed by atoms with van der Waals surface area (Å²) in [6, 6.07) is 3.73. The third-order valence-electron chi connectivity index (χ3n) is 4.45. The second-order valence-electron chi connectivity index (χ2n) is 5.73. The standard InChI is InChI=1S/C15H22N4O2/c1-21-14-7-6-13(16-17-14)18-8-10-19(11-9-18)15(20)12-4-2-3-5-12/h6-7,12H,2-5,8-11H2,1H3. The van der Waals surface area contributed by atoms with E-state index in [1.54, 1.807) is 7.11 Å². The number of anilines is 1. The molecular weight excluding hydrogens is 268 g/mol. The van der Waals surface area contributed by atoms with Gasteiger partial charge in [0.2, 0.25) is 11.8 Å². The zero-order valence-electron chi connectivity index (χ0n) is 12.5. The van der Waals surface area contributed by atoms with E-state index in [2.05, 4.69) is 15.1 Å². The van der Waals surface area contributed by atoms with E-state index in [0.29, 0.717) is 11.8 Å². The minimum atomic E-state index is 0.275. The summed E-state index contributed by atoms with van der Waals surface area (Å²) in [5.41, 5.74) is 0. The number of hydrogen-bond acceptors (Lipinski definition) is 5. The van der Waals surface area contributed by atoms with E-state index in [1.807, 2.05) is 17.0 Å². The lowest BCUT2D eigenvalue weighted by molar-refractivity contribution is -0.135. The molecule has 1 amide bonds. The number of rotatable bonds is 3. The molecule has 1 aromatic heterocycles. The van der Waals surface area contributed by atoms with Gasteiger partial charge in [0.05, 0.1) is 7.11 Å². The van der Waals surface area contributed by atoms with Gasteiger partial charge in [0, 0.05) is 38.2 Å². The molecule has 3 rings (SSSR count). The van der Waals surface area contributed by atoms with Crippen molar-refractivity contribution in [3.63, 3.8) is 0 Å². The number of amides is 1. The molecule has 0 unspecified atom stereocenters. The summed E-state index contributed by atoms with van der Waals surface area (Å²) >= 11 is 0. The molecule has 1 saturated carbocycles. The van der Waals surface area contributed by atoms with Crippen LogP contribution in [-0.4, -0.2) is 54.3 Å². The monoisotopic (exact) mass is 290 g/mol. The topological polar surface area (TPSA) is 58.6 Å². The molecule has 1 aliphatic carbocycles. The largest absolute Gasteiger partial charge is 0.480 e. The molecule has 6 heteroatoms. The molecule has 2 heterocycles. The highest BCUT2D eigenvalue weighted by Crippen LogP contribution is 2.27. The zero-order chi connectivity index (χ0) is 14.7. The Morgan fingerprint density at radius 2 is 1.86 bits per heavy atom. The van der Waals surface area contributed by atoms with Gasteiger partial charge < -0.3 is 14.5 Å². The van der Waals surface area contributed by atoms with Gasteiger partial charge in [-0.1, -0.05) is 12.8 Å². The zero-order valence-corrected chi connectivity index (χ0v) is 12.5. The molecule has 21 heavy (non-hydrogen) atoms. The number of methoxy groups -OCH3 is 1. The number of carbonyl (C=O) groups is 1. The van der Waals surface area contributed by atoms with Crippen LogP contribution in [0.15, 0.2) is 12.1 Å². The summed E-state index contributed by atoms with van der Waals surface area (Å²) in [7, 11) is 1.58. The van der Waals surface area contributed by atoms with Gasteiger partial charge >= 0.3 is 0 Å². The van der Waals surface area contributed by atoms with Crippen molar-refractivity contribution in [3.8, 4) is 5.88 Å². The van der Waals surface area contributed by atoms with Crippen LogP contribution in [0.2, 0.25) is 0 Å². The minimum Gasteiger partial charge on any atom is -0.480 e. The molecule has 0 spiro atoms. The Morgan fingerprint density at radius 3 is 2.43 bits per heavy atom. The molecule has 0 radical (unpaired) electrons. The molecule has 1 saturated heterocycles. The summed E-state index contributed by atoms with van der Waals surface area (Å²) in [5.74, 6) is 2.00. The lowest BCUT2D eigenvalue weighted by atomic mass is 10.1. The van der Waals surface area contributed by atoms with E-state index in [9.17, 15) is 4.79 Å². The Bertz CT molecular complexity index is 477. The minimum absolute atomic E-state index is 0.275. The molecule has 2 fully saturated rings. The molecular formula is C15H22N4O2. The maximum atomic E-state index is 12.4. The van der Waals surface area contributed by atoms with Crippen molar-refractivity contribution in [3.05, 3.63) is 12.1 Å². The average molecular weight is 290 g/mol. The predicted molar refractivity (Wildman–Crippen MR) is 79.3 cm³/mol. The number of aromatic nitrogens is 2. The summed E-state index contributed by atoms with van der Waals surface area (Å²) in [6.07, 6.45) is 4.56. The smallest absolute Gasteiger partial charge is 0.233 e. The van der Waals surface area contributed by atoms with Gasteiger partial charge in [-0.15, -0.1) is 10.2 Å². The number of nitrogens with zero attached hydrogens (tertiary/aromatic N) is 4. The quantitative estimate of drug-likeness (QED) is 0.840. The molecule has 6 nitrogen and oxygen atoms in total. The van der Waals surface area contributed by atoms with Crippen LogP contribution < -0.4 is 9.64 Å². The third kappa shape index (κ3) is 3.09. The third-order valence-corrected chi connectivity index (χ3v) is 4.45. The van der Waals surface area contributed by atoms with E-state index in [1.165, 1.54) is 12.8 Å². The Balaban J connectivity index is 1.55. The normalized spacial score (nSPS) is 19.9. The summed E-state index contributed by atoms with van der Waals surface area (Å²) in [4.78, 5) is 16.6. The second-order valence-corrected chi connectivity index (χ2v) is 5.73. The first kappa shape index (κ1) is 14.1. The van der Waals surface area contributed by atoms with Crippen molar-refractivity contribution in [1.29, 1.82) is 0 Å². The highest BCUT2D eigenvalue weighted by atomic mass is 16.5. The first-order valence-corrected chi connectivity index (χ1v) is 7.69. The van der Waals surface area contributed by atoms with E-state index >= 15 is 0 Å². The maximum Gasteiger partial charge on any atom is 0.233 e. The fourth-order valence-corrected chi connectivity index (χ4v) is 3.18. The highest BCUT2D eigenvalue weighted by molar-refractivity contribution is 5.79. The SMILES string of the molecule is COc1ccc(N2CCN(C(=O)C3CCCC3)CC2)nn1. The second kappa shape index (κ2) is 6.28. The number of hydrogen-bond donors (Lipinski definition) is 0. The van der Waals surface area contributed by atoms with Gasteiger partial charge in [0.1, 0.15) is 0 Å². The van der Waals surface area contributed by atoms with E-state index in [4.69, 9.17) is 4.74 Å². The van der Waals surface area contributed by atoms with Crippen LogP contribution in [-0.2, 0) is 4.79 Å². The molecule has 0 N–H and O–H groups in total. The summed E-state index contributed by atoms with van der Waals surface area (Å²) in [6.45, 7) is 3.20. The van der Waals surface area contributed by atoms with Crippen molar-refractivity contribution in [1.82, 2.24) is 15.1 Å². The lowest BCUT2D eigenvalue weighted by Gasteiger charge is -2.36. The average Bonchev–Trinajstić information content (AvgIpc) is 3.09. The van der Waals surface area contributed by atoms with E-state index in [0.717, 1.165) is 44.8 Å². The van der Waals surface area contributed by atoms with Gasteiger partial charge in [-0.3, -0.25) is 4.79 Å². The lowest BCUT2D eigenvalue weighted by Crippen LogP contribution is -2.50. The molecule has 1 aliphatic heterocycles. The van der Waals surface area contributed by atoms with Crippen LogP contribution >= 0.6 is 0 Å². The van der Waals surface area contributed by atoms with Crippen LogP contribution in [0.3, 0.4) is 0 Å². The molecule has 0 aromatic carbocycles. The van der Waals surface area contributed by atoms with E-state index in [-0.39, 0.29) is 5.92 Å². The Labute approximate surface area is 125 Å². The van der Waals surface area contributed by atoms with Crippen molar-refractivity contribution in [2.75, 3.05) is 38.2 Å². The number of ether oxygens (including phenoxy) is 1. The first-order chi connectivity index (χ1) is 10.3. The fourth-order valence-electron chi connectivity index (χ4n) is 3.18. The number of carbonyl (C=O) groups excluding carboxylic acids is 1. The Hall–Kier alpha value is -1.85. The summed E-state index contributed by atoms with van der Waals surface area (Å²) < 4.78 is 5.02. The maximum absolute atomic E-state index is 12.4. The van der Waals surface area contributed by atoms with Gasteiger partial charge in [-0.25, -0.2) is 0 Å². The van der Waals surface area contributed by atoms with E-state index < -0.39 is 0 Å². The molecule has 114 valence electrons. The van der Waals surface area contributed by atoms with Crippen LogP contribution in [0, 0.1) is 5.92 Å². The van der Waals surface area contributed by atoms with Crippen molar-refractivity contribution >= 4 is 11.7 Å². The highest BCUT2D eigenvalue weighted by Gasteiger charge is 2.29. The van der Waals surface area contributed by atoms with Crippen molar-refractivity contribution in [2.45, 2.75) is 25.7 Å². The van der Waals surface area contributed by atoms with Crippen molar-refractivity contribution < 1.29 is 9.53 Å². The van der Waals surface area contributed by atoms with Crippen LogP contribution in [0.1, 0.15) is 25.7 Å². The molecule has 1 aromatic rings. The Kier molecular flexibility index (Phi) is 4.22. The van der Waals surface area contributed by atoms with Crippen LogP contribution in [0.4, 0.5) is 5.82 Å². The van der Waals surface area contributed by atoms with Crippen LogP contribution in [0.5, 0.6) is 5.88 Å². The van der Waals surface area contributed by atoms with Gasteiger partial charge in [0.15, 0.2) is 5.82 Å². The van der Waals surface area contributed by atoms with Gasteiger partial charge in [-0.2, -0.15) is 0 Å².